The topological polar surface area (TPSA) is 29.3 Å². The molecule has 0 fully saturated rings. The number of thioether (sulfide) groups is 1. The van der Waals surface area contributed by atoms with Crippen molar-refractivity contribution in [3.05, 3.63) is 35.4 Å². The number of aryl methyl sites for hydroxylation is 1. The normalized spacial score (nSPS) is 12.9. The van der Waals surface area contributed by atoms with E-state index >= 15 is 0 Å². The lowest BCUT2D eigenvalue weighted by Gasteiger charge is -2.27. The van der Waals surface area contributed by atoms with Crippen LogP contribution in [0.3, 0.4) is 0 Å². The van der Waals surface area contributed by atoms with Crippen molar-refractivity contribution in [3.8, 4) is 0 Å². The van der Waals surface area contributed by atoms with Gasteiger partial charge in [-0.1, -0.05) is 29.8 Å². The molecule has 0 aliphatic rings. The first-order valence-corrected chi connectivity index (χ1v) is 8.01. The Bertz CT molecular complexity index is 324. The van der Waals surface area contributed by atoms with E-state index in [0.29, 0.717) is 6.04 Å². The fourth-order valence-electron chi connectivity index (χ4n) is 2.09. The van der Waals surface area contributed by atoms with Gasteiger partial charge >= 0.3 is 0 Å². The molecule has 0 heterocycles. The molecule has 0 aromatic heterocycles. The largest absolute Gasteiger partial charge is 0.329 e. The van der Waals surface area contributed by atoms with E-state index in [-0.39, 0.29) is 0 Å². The quantitative estimate of drug-likeness (QED) is 0.734. The summed E-state index contributed by atoms with van der Waals surface area (Å²) < 4.78 is 0. The summed E-state index contributed by atoms with van der Waals surface area (Å²) in [6.45, 7) is 3.86. The van der Waals surface area contributed by atoms with Crippen LogP contribution in [0.5, 0.6) is 0 Å². The van der Waals surface area contributed by atoms with Gasteiger partial charge in [0.2, 0.25) is 0 Å². The Morgan fingerprint density at radius 3 is 2.50 bits per heavy atom. The third kappa shape index (κ3) is 5.42. The number of hydrogen-bond acceptors (Lipinski definition) is 3. The van der Waals surface area contributed by atoms with E-state index in [4.69, 9.17) is 5.73 Å². The summed E-state index contributed by atoms with van der Waals surface area (Å²) in [4.78, 5) is 2.38. The van der Waals surface area contributed by atoms with Crippen molar-refractivity contribution in [1.29, 1.82) is 0 Å². The first-order chi connectivity index (χ1) is 8.67. The number of likely N-dealkylation sites (N-methyl/N-ethyl adjacent to an activating group) is 1. The van der Waals surface area contributed by atoms with Crippen LogP contribution in [0.15, 0.2) is 24.3 Å². The number of hydrogen-bond donors (Lipinski definition) is 1. The predicted molar refractivity (Wildman–Crippen MR) is 83.1 cm³/mol. The molecular formula is C15H26N2S. The number of nitrogens with zero attached hydrogens (tertiary/aromatic N) is 1. The first-order valence-electron chi connectivity index (χ1n) is 6.62. The molecule has 1 aromatic carbocycles. The maximum atomic E-state index is 5.89. The second-order valence-corrected chi connectivity index (χ2v) is 5.91. The van der Waals surface area contributed by atoms with Crippen molar-refractivity contribution in [2.75, 3.05) is 25.6 Å². The molecule has 1 rings (SSSR count). The molecule has 0 aliphatic carbocycles. The Morgan fingerprint density at radius 1 is 1.28 bits per heavy atom. The van der Waals surface area contributed by atoms with Crippen molar-refractivity contribution in [1.82, 2.24) is 4.90 Å². The maximum Gasteiger partial charge on any atom is 0.0234 e. The highest BCUT2D eigenvalue weighted by Crippen LogP contribution is 2.12. The van der Waals surface area contributed by atoms with E-state index in [2.05, 4.69) is 49.4 Å². The van der Waals surface area contributed by atoms with Gasteiger partial charge in [0.25, 0.3) is 0 Å². The summed E-state index contributed by atoms with van der Waals surface area (Å²) in [7, 11) is 2.18. The van der Waals surface area contributed by atoms with Gasteiger partial charge in [-0.15, -0.1) is 0 Å². The molecule has 0 aliphatic heterocycles. The number of benzene rings is 1. The predicted octanol–water partition coefficient (Wildman–Crippen LogP) is 2.90. The molecule has 0 amide bonds. The fraction of sp³-hybridized carbons (Fsp3) is 0.600. The molecule has 3 heteroatoms. The van der Waals surface area contributed by atoms with Crippen LogP contribution in [0, 0.1) is 6.92 Å². The molecule has 102 valence electrons. The van der Waals surface area contributed by atoms with Crippen molar-refractivity contribution in [3.63, 3.8) is 0 Å². The highest BCUT2D eigenvalue weighted by Gasteiger charge is 2.12. The van der Waals surface area contributed by atoms with Crippen LogP contribution in [-0.2, 0) is 6.54 Å². The zero-order valence-corrected chi connectivity index (χ0v) is 12.7. The molecule has 0 spiro atoms. The smallest absolute Gasteiger partial charge is 0.0234 e. The summed E-state index contributed by atoms with van der Waals surface area (Å²) in [5, 5.41) is 0. The lowest BCUT2D eigenvalue weighted by molar-refractivity contribution is 0.226. The van der Waals surface area contributed by atoms with Crippen molar-refractivity contribution in [2.24, 2.45) is 5.73 Å². The molecule has 0 saturated carbocycles. The monoisotopic (exact) mass is 266 g/mol. The number of rotatable bonds is 8. The third-order valence-electron chi connectivity index (χ3n) is 3.33. The van der Waals surface area contributed by atoms with Gasteiger partial charge in [0.1, 0.15) is 0 Å². The summed E-state index contributed by atoms with van der Waals surface area (Å²) in [5.74, 6) is 1.23. The Hall–Kier alpha value is -0.510. The van der Waals surface area contributed by atoms with Gasteiger partial charge in [-0.2, -0.15) is 11.8 Å². The van der Waals surface area contributed by atoms with E-state index in [1.54, 1.807) is 0 Å². The standard InChI is InChI=1S/C15H26N2S/c1-13-6-8-14(9-7-13)12-17(2)15(11-16)5-4-10-18-3/h6-9,15H,4-5,10-12,16H2,1-3H3. The summed E-state index contributed by atoms with van der Waals surface area (Å²) in [6.07, 6.45) is 4.61. The minimum Gasteiger partial charge on any atom is -0.329 e. The van der Waals surface area contributed by atoms with Crippen molar-refractivity contribution < 1.29 is 0 Å². The SMILES string of the molecule is CSCCCC(CN)N(C)Cc1ccc(C)cc1. The zero-order valence-electron chi connectivity index (χ0n) is 11.9. The van der Waals surface area contributed by atoms with Gasteiger partial charge in [-0.3, -0.25) is 4.90 Å². The van der Waals surface area contributed by atoms with Crippen molar-refractivity contribution >= 4 is 11.8 Å². The fourth-order valence-corrected chi connectivity index (χ4v) is 2.55. The second kappa shape index (κ2) is 8.57. The Kier molecular flexibility index (Phi) is 7.40. The number of nitrogens with two attached hydrogens (primary N) is 1. The Labute approximate surface area is 116 Å². The van der Waals surface area contributed by atoms with Crippen LogP contribution in [0.2, 0.25) is 0 Å². The van der Waals surface area contributed by atoms with Gasteiger partial charge in [-0.05, 0) is 44.4 Å². The molecule has 1 atom stereocenters. The third-order valence-corrected chi connectivity index (χ3v) is 4.03. The van der Waals surface area contributed by atoms with E-state index in [1.807, 2.05) is 11.8 Å². The molecule has 2 N–H and O–H groups in total. The first kappa shape index (κ1) is 15.5. The molecule has 0 radical (unpaired) electrons. The van der Waals surface area contributed by atoms with Crippen LogP contribution < -0.4 is 5.73 Å². The van der Waals surface area contributed by atoms with Crippen molar-refractivity contribution in [2.45, 2.75) is 32.4 Å². The van der Waals surface area contributed by atoms with E-state index in [9.17, 15) is 0 Å². The van der Waals surface area contributed by atoms with Crippen LogP contribution >= 0.6 is 11.8 Å². The van der Waals surface area contributed by atoms with Crippen LogP contribution in [0.25, 0.3) is 0 Å². The van der Waals surface area contributed by atoms with E-state index in [1.165, 1.54) is 29.7 Å². The average molecular weight is 266 g/mol. The minimum atomic E-state index is 0.499. The second-order valence-electron chi connectivity index (χ2n) is 4.93. The summed E-state index contributed by atoms with van der Waals surface area (Å²) in [6, 6.07) is 9.27. The van der Waals surface area contributed by atoms with Gasteiger partial charge in [-0.25, -0.2) is 0 Å². The Balaban J connectivity index is 2.45. The molecule has 2 nitrogen and oxygen atoms in total. The average Bonchev–Trinajstić information content (AvgIpc) is 2.37. The highest BCUT2D eigenvalue weighted by molar-refractivity contribution is 7.98. The molecular weight excluding hydrogens is 240 g/mol. The minimum absolute atomic E-state index is 0.499. The molecule has 1 aromatic rings. The summed E-state index contributed by atoms with van der Waals surface area (Å²) >= 11 is 1.91. The lowest BCUT2D eigenvalue weighted by Crippen LogP contribution is -2.37. The van der Waals surface area contributed by atoms with Gasteiger partial charge in [0.05, 0.1) is 0 Å². The molecule has 0 saturated heterocycles. The van der Waals surface area contributed by atoms with E-state index < -0.39 is 0 Å². The van der Waals surface area contributed by atoms with Crippen LogP contribution in [0.4, 0.5) is 0 Å². The summed E-state index contributed by atoms with van der Waals surface area (Å²) in [5.41, 5.74) is 8.57. The van der Waals surface area contributed by atoms with Gasteiger partial charge in [0.15, 0.2) is 0 Å². The Morgan fingerprint density at radius 2 is 1.94 bits per heavy atom. The molecule has 1 unspecified atom stereocenters. The van der Waals surface area contributed by atoms with Crippen LogP contribution in [-0.4, -0.2) is 36.5 Å². The lowest BCUT2D eigenvalue weighted by atomic mass is 10.1. The van der Waals surface area contributed by atoms with E-state index in [0.717, 1.165) is 13.1 Å². The van der Waals surface area contributed by atoms with Gasteiger partial charge < -0.3 is 5.73 Å². The van der Waals surface area contributed by atoms with Crippen LogP contribution in [0.1, 0.15) is 24.0 Å². The maximum absolute atomic E-state index is 5.89. The molecule has 0 bridgehead atoms. The zero-order chi connectivity index (χ0) is 13.4. The van der Waals surface area contributed by atoms with Gasteiger partial charge in [0, 0.05) is 19.1 Å². The highest BCUT2D eigenvalue weighted by atomic mass is 32.2. The molecule has 18 heavy (non-hydrogen) atoms.